The second-order valence-electron chi connectivity index (χ2n) is 5.31. The predicted octanol–water partition coefficient (Wildman–Crippen LogP) is 1.15. The molecular formula is C13H17N5O2. The Bertz CT molecular complexity index is 631. The van der Waals surface area contributed by atoms with Crippen molar-refractivity contribution in [1.82, 2.24) is 19.7 Å². The summed E-state index contributed by atoms with van der Waals surface area (Å²) >= 11 is 0. The molecule has 3 rings (SSSR count). The van der Waals surface area contributed by atoms with E-state index in [-0.39, 0.29) is 6.54 Å². The molecule has 3 heterocycles. The van der Waals surface area contributed by atoms with Crippen molar-refractivity contribution in [2.45, 2.75) is 26.3 Å². The van der Waals surface area contributed by atoms with Crippen molar-refractivity contribution in [3.05, 3.63) is 12.4 Å². The summed E-state index contributed by atoms with van der Waals surface area (Å²) in [5.41, 5.74) is 0.580. The van der Waals surface area contributed by atoms with Gasteiger partial charge < -0.3 is 10.0 Å². The SMILES string of the molecule is CC1CCN(c2ncc3cnn(CC(=O)O)c3n2)CC1. The molecule has 1 fully saturated rings. The van der Waals surface area contributed by atoms with E-state index in [2.05, 4.69) is 26.9 Å². The highest BCUT2D eigenvalue weighted by Gasteiger charge is 2.19. The van der Waals surface area contributed by atoms with Crippen LogP contribution in [-0.4, -0.2) is 43.9 Å². The Morgan fingerprint density at radius 1 is 1.40 bits per heavy atom. The Morgan fingerprint density at radius 2 is 2.15 bits per heavy atom. The van der Waals surface area contributed by atoms with Gasteiger partial charge in [-0.15, -0.1) is 0 Å². The van der Waals surface area contributed by atoms with Crippen LogP contribution in [0.4, 0.5) is 5.95 Å². The molecule has 106 valence electrons. The first kappa shape index (κ1) is 12.8. The van der Waals surface area contributed by atoms with Crippen LogP contribution in [0.5, 0.6) is 0 Å². The highest BCUT2D eigenvalue weighted by atomic mass is 16.4. The van der Waals surface area contributed by atoms with E-state index in [1.807, 2.05) is 0 Å². The molecular weight excluding hydrogens is 258 g/mol. The fraction of sp³-hybridized carbons (Fsp3) is 0.538. The van der Waals surface area contributed by atoms with Crippen LogP contribution in [0.1, 0.15) is 19.8 Å². The first-order valence-electron chi connectivity index (χ1n) is 6.79. The Balaban J connectivity index is 1.90. The van der Waals surface area contributed by atoms with Crippen LogP contribution in [0.15, 0.2) is 12.4 Å². The van der Waals surface area contributed by atoms with Gasteiger partial charge in [0.2, 0.25) is 5.95 Å². The van der Waals surface area contributed by atoms with Gasteiger partial charge in [-0.05, 0) is 18.8 Å². The Labute approximate surface area is 116 Å². The quantitative estimate of drug-likeness (QED) is 0.904. The standard InChI is InChI=1S/C13H17N5O2/c1-9-2-4-17(5-3-9)13-14-6-10-7-15-18(8-11(19)20)12(10)16-13/h6-7,9H,2-5,8H2,1H3,(H,19,20). The average Bonchev–Trinajstić information content (AvgIpc) is 2.81. The lowest BCUT2D eigenvalue weighted by Gasteiger charge is -2.30. The number of carboxylic acid groups (broad SMARTS) is 1. The topological polar surface area (TPSA) is 84.1 Å². The van der Waals surface area contributed by atoms with Crippen LogP contribution >= 0.6 is 0 Å². The molecule has 0 spiro atoms. The lowest BCUT2D eigenvalue weighted by atomic mass is 10.00. The van der Waals surface area contributed by atoms with Crippen molar-refractivity contribution in [3.8, 4) is 0 Å². The maximum atomic E-state index is 10.8. The second kappa shape index (κ2) is 5.07. The molecule has 7 heteroatoms. The largest absolute Gasteiger partial charge is 0.480 e. The Hall–Kier alpha value is -2.18. The molecule has 1 N–H and O–H groups in total. The fourth-order valence-electron chi connectivity index (χ4n) is 2.46. The van der Waals surface area contributed by atoms with Crippen molar-refractivity contribution in [1.29, 1.82) is 0 Å². The zero-order chi connectivity index (χ0) is 14.1. The second-order valence-corrected chi connectivity index (χ2v) is 5.31. The first-order chi connectivity index (χ1) is 9.63. The number of piperidine rings is 1. The maximum absolute atomic E-state index is 10.8. The van der Waals surface area contributed by atoms with Gasteiger partial charge in [-0.1, -0.05) is 6.92 Å². The number of fused-ring (bicyclic) bond motifs is 1. The van der Waals surface area contributed by atoms with Crippen molar-refractivity contribution < 1.29 is 9.90 Å². The van der Waals surface area contributed by atoms with Crippen molar-refractivity contribution in [2.24, 2.45) is 5.92 Å². The van der Waals surface area contributed by atoms with Crippen molar-refractivity contribution in [2.75, 3.05) is 18.0 Å². The molecule has 1 aliphatic rings. The van der Waals surface area contributed by atoms with E-state index in [1.54, 1.807) is 12.4 Å². The van der Waals surface area contributed by atoms with Crippen molar-refractivity contribution in [3.63, 3.8) is 0 Å². The first-order valence-corrected chi connectivity index (χ1v) is 6.79. The highest BCUT2D eigenvalue weighted by Crippen LogP contribution is 2.21. The van der Waals surface area contributed by atoms with Gasteiger partial charge in [0.15, 0.2) is 5.65 Å². The molecule has 0 unspecified atom stereocenters. The number of hydrogen-bond donors (Lipinski definition) is 1. The van der Waals surface area contributed by atoms with Crippen molar-refractivity contribution >= 4 is 23.0 Å². The number of aromatic nitrogens is 4. The van der Waals surface area contributed by atoms with E-state index in [1.165, 1.54) is 4.68 Å². The van der Waals surface area contributed by atoms with Gasteiger partial charge in [-0.25, -0.2) is 9.67 Å². The number of carbonyl (C=O) groups is 1. The number of carboxylic acids is 1. The lowest BCUT2D eigenvalue weighted by Crippen LogP contribution is -2.34. The minimum Gasteiger partial charge on any atom is -0.480 e. The predicted molar refractivity (Wildman–Crippen MR) is 73.6 cm³/mol. The number of rotatable bonds is 3. The van der Waals surface area contributed by atoms with Gasteiger partial charge in [0.1, 0.15) is 6.54 Å². The van der Waals surface area contributed by atoms with Gasteiger partial charge >= 0.3 is 5.97 Å². The van der Waals surface area contributed by atoms with E-state index < -0.39 is 5.97 Å². The zero-order valence-electron chi connectivity index (χ0n) is 11.4. The molecule has 1 saturated heterocycles. The fourth-order valence-corrected chi connectivity index (χ4v) is 2.46. The zero-order valence-corrected chi connectivity index (χ0v) is 11.4. The molecule has 0 aliphatic carbocycles. The molecule has 0 aromatic carbocycles. The molecule has 1 aliphatic heterocycles. The molecule has 0 amide bonds. The van der Waals surface area contributed by atoms with E-state index >= 15 is 0 Å². The third kappa shape index (κ3) is 2.43. The summed E-state index contributed by atoms with van der Waals surface area (Å²) in [6.07, 6.45) is 5.58. The maximum Gasteiger partial charge on any atom is 0.325 e. The van der Waals surface area contributed by atoms with Crippen LogP contribution < -0.4 is 4.90 Å². The summed E-state index contributed by atoms with van der Waals surface area (Å²) in [7, 11) is 0. The number of hydrogen-bond acceptors (Lipinski definition) is 5. The summed E-state index contributed by atoms with van der Waals surface area (Å²) in [6, 6.07) is 0. The molecule has 0 atom stereocenters. The molecule has 7 nitrogen and oxygen atoms in total. The minimum atomic E-state index is -0.929. The summed E-state index contributed by atoms with van der Waals surface area (Å²) in [4.78, 5) is 21.8. The number of aliphatic carboxylic acids is 1. The van der Waals surface area contributed by atoms with E-state index in [0.717, 1.165) is 37.2 Å². The van der Waals surface area contributed by atoms with Gasteiger partial charge in [0, 0.05) is 19.3 Å². The van der Waals surface area contributed by atoms with Crippen LogP contribution in [0.25, 0.3) is 11.0 Å². The van der Waals surface area contributed by atoms with Crippen LogP contribution in [0.3, 0.4) is 0 Å². The molecule has 2 aromatic heterocycles. The summed E-state index contributed by atoms with van der Waals surface area (Å²) < 4.78 is 1.40. The Morgan fingerprint density at radius 3 is 2.85 bits per heavy atom. The average molecular weight is 275 g/mol. The van der Waals surface area contributed by atoms with Gasteiger partial charge in [0.25, 0.3) is 0 Å². The monoisotopic (exact) mass is 275 g/mol. The minimum absolute atomic E-state index is 0.184. The van der Waals surface area contributed by atoms with Gasteiger partial charge in [-0.2, -0.15) is 10.1 Å². The summed E-state index contributed by atoms with van der Waals surface area (Å²) in [5.74, 6) is 0.478. The van der Waals surface area contributed by atoms with Gasteiger partial charge in [0.05, 0.1) is 11.6 Å². The molecule has 0 radical (unpaired) electrons. The van der Waals surface area contributed by atoms with Crippen LogP contribution in [0.2, 0.25) is 0 Å². The van der Waals surface area contributed by atoms with Crippen LogP contribution in [-0.2, 0) is 11.3 Å². The lowest BCUT2D eigenvalue weighted by molar-refractivity contribution is -0.137. The molecule has 20 heavy (non-hydrogen) atoms. The number of anilines is 1. The normalized spacial score (nSPS) is 16.8. The molecule has 2 aromatic rings. The summed E-state index contributed by atoms with van der Waals surface area (Å²) in [5, 5.41) is 13.7. The smallest absolute Gasteiger partial charge is 0.325 e. The number of nitrogens with zero attached hydrogens (tertiary/aromatic N) is 5. The highest BCUT2D eigenvalue weighted by molar-refractivity contribution is 5.76. The van der Waals surface area contributed by atoms with E-state index in [4.69, 9.17) is 5.11 Å². The van der Waals surface area contributed by atoms with E-state index in [0.29, 0.717) is 11.6 Å². The summed E-state index contributed by atoms with van der Waals surface area (Å²) in [6.45, 7) is 3.96. The van der Waals surface area contributed by atoms with Crippen LogP contribution in [0, 0.1) is 5.92 Å². The Kier molecular flexibility index (Phi) is 3.25. The molecule has 0 bridgehead atoms. The molecule has 0 saturated carbocycles. The van der Waals surface area contributed by atoms with E-state index in [9.17, 15) is 4.79 Å². The third-order valence-corrected chi connectivity index (χ3v) is 3.72. The van der Waals surface area contributed by atoms with Gasteiger partial charge in [-0.3, -0.25) is 4.79 Å². The third-order valence-electron chi connectivity index (χ3n) is 3.72.